The van der Waals surface area contributed by atoms with Crippen LogP contribution in [0.15, 0.2) is 12.3 Å². The smallest absolute Gasteiger partial charge is 0.0721 e. The van der Waals surface area contributed by atoms with Crippen molar-refractivity contribution in [2.24, 2.45) is 0 Å². The van der Waals surface area contributed by atoms with Gasteiger partial charge in [0, 0.05) is 49.4 Å². The van der Waals surface area contributed by atoms with Crippen molar-refractivity contribution in [2.45, 2.75) is 46.3 Å². The topological polar surface area (TPSA) is 37.4 Å². The van der Waals surface area contributed by atoms with Crippen molar-refractivity contribution in [3.05, 3.63) is 23.5 Å². The Kier molecular flexibility index (Phi) is 5.80. The van der Waals surface area contributed by atoms with Gasteiger partial charge < -0.3 is 15.0 Å². The monoisotopic (exact) mass is 277 g/mol. The van der Waals surface area contributed by atoms with Crippen LogP contribution < -0.4 is 10.2 Å². The highest BCUT2D eigenvalue weighted by atomic mass is 16.5. The molecule has 1 aliphatic heterocycles. The van der Waals surface area contributed by atoms with E-state index in [-0.39, 0.29) is 0 Å². The van der Waals surface area contributed by atoms with Crippen LogP contribution in [0.4, 0.5) is 5.69 Å². The van der Waals surface area contributed by atoms with Crippen molar-refractivity contribution >= 4 is 5.69 Å². The number of nitrogens with zero attached hydrogens (tertiary/aromatic N) is 2. The van der Waals surface area contributed by atoms with Crippen LogP contribution in [-0.4, -0.2) is 37.3 Å². The molecule has 1 aromatic rings. The Labute approximate surface area is 122 Å². The highest BCUT2D eigenvalue weighted by Crippen LogP contribution is 2.23. The molecule has 1 saturated heterocycles. The summed E-state index contributed by atoms with van der Waals surface area (Å²) in [5.74, 6) is 0. The molecule has 1 atom stereocenters. The van der Waals surface area contributed by atoms with Crippen LogP contribution >= 0.6 is 0 Å². The van der Waals surface area contributed by atoms with Gasteiger partial charge in [0.05, 0.1) is 6.10 Å². The van der Waals surface area contributed by atoms with Gasteiger partial charge in [-0.2, -0.15) is 0 Å². The van der Waals surface area contributed by atoms with Gasteiger partial charge in [-0.05, 0) is 39.3 Å². The lowest BCUT2D eigenvalue weighted by Gasteiger charge is -2.27. The Morgan fingerprint density at radius 3 is 3.15 bits per heavy atom. The number of nitrogens with one attached hydrogen (secondary N) is 1. The molecule has 0 spiro atoms. The average molecular weight is 277 g/mol. The summed E-state index contributed by atoms with van der Waals surface area (Å²) >= 11 is 0. The summed E-state index contributed by atoms with van der Waals surface area (Å²) in [7, 11) is 0. The second-order valence-corrected chi connectivity index (χ2v) is 5.61. The van der Waals surface area contributed by atoms with E-state index >= 15 is 0 Å². The fourth-order valence-corrected chi connectivity index (χ4v) is 2.62. The summed E-state index contributed by atoms with van der Waals surface area (Å²) < 4.78 is 5.75. The fourth-order valence-electron chi connectivity index (χ4n) is 2.62. The van der Waals surface area contributed by atoms with Crippen LogP contribution in [0.25, 0.3) is 0 Å². The minimum Gasteiger partial charge on any atom is -0.377 e. The van der Waals surface area contributed by atoms with Crippen molar-refractivity contribution < 1.29 is 4.74 Å². The molecule has 0 bridgehead atoms. The molecule has 0 aliphatic carbocycles. The Bertz CT molecular complexity index is 422. The van der Waals surface area contributed by atoms with Gasteiger partial charge in [-0.3, -0.25) is 4.98 Å². The molecule has 1 aromatic heterocycles. The lowest BCUT2D eigenvalue weighted by molar-refractivity contribution is 0.0821. The van der Waals surface area contributed by atoms with E-state index in [1.54, 1.807) is 0 Å². The lowest BCUT2D eigenvalue weighted by Crippen LogP contribution is -2.31. The number of rotatable bonds is 5. The Balaban J connectivity index is 2.16. The van der Waals surface area contributed by atoms with Gasteiger partial charge in [0.1, 0.15) is 0 Å². The van der Waals surface area contributed by atoms with E-state index < -0.39 is 0 Å². The number of hydrogen-bond donors (Lipinski definition) is 1. The standard InChI is InChI=1S/C16H27N3O/c1-4-6-17-10-15-11-18-13(2)9-16(15)19-7-5-8-20-14(3)12-19/h9,11,14,17H,4-8,10,12H2,1-3H3. The van der Waals surface area contributed by atoms with Crippen LogP contribution in [0.5, 0.6) is 0 Å². The van der Waals surface area contributed by atoms with Gasteiger partial charge in [-0.15, -0.1) is 0 Å². The van der Waals surface area contributed by atoms with Crippen LogP contribution in [-0.2, 0) is 11.3 Å². The largest absolute Gasteiger partial charge is 0.377 e. The van der Waals surface area contributed by atoms with Gasteiger partial charge in [0.25, 0.3) is 0 Å². The molecule has 4 nitrogen and oxygen atoms in total. The molecule has 0 radical (unpaired) electrons. The third kappa shape index (κ3) is 4.18. The summed E-state index contributed by atoms with van der Waals surface area (Å²) in [6.07, 6.45) is 4.56. The van der Waals surface area contributed by atoms with Gasteiger partial charge in [0.15, 0.2) is 0 Å². The molecule has 4 heteroatoms. The zero-order valence-corrected chi connectivity index (χ0v) is 13.0. The quantitative estimate of drug-likeness (QED) is 0.839. The second kappa shape index (κ2) is 7.60. The third-order valence-electron chi connectivity index (χ3n) is 3.63. The zero-order valence-electron chi connectivity index (χ0n) is 13.0. The first-order valence-electron chi connectivity index (χ1n) is 7.73. The Hall–Kier alpha value is -1.13. The molecule has 0 amide bonds. The highest BCUT2D eigenvalue weighted by molar-refractivity contribution is 5.54. The maximum absolute atomic E-state index is 5.75. The predicted molar refractivity (Wildman–Crippen MR) is 83.2 cm³/mol. The number of aromatic nitrogens is 1. The molecule has 1 fully saturated rings. The van der Waals surface area contributed by atoms with Gasteiger partial charge >= 0.3 is 0 Å². The van der Waals surface area contributed by atoms with Crippen molar-refractivity contribution in [3.63, 3.8) is 0 Å². The SMILES string of the molecule is CCCNCc1cnc(C)cc1N1CCCOC(C)C1. The zero-order chi connectivity index (χ0) is 14.4. The first kappa shape index (κ1) is 15.3. The molecule has 0 aromatic carbocycles. The summed E-state index contributed by atoms with van der Waals surface area (Å²) in [5.41, 5.74) is 3.69. The van der Waals surface area contributed by atoms with E-state index in [0.29, 0.717) is 6.10 Å². The van der Waals surface area contributed by atoms with Crippen molar-refractivity contribution in [1.82, 2.24) is 10.3 Å². The number of pyridine rings is 1. The predicted octanol–water partition coefficient (Wildman–Crippen LogP) is 2.50. The van der Waals surface area contributed by atoms with Gasteiger partial charge in [0.2, 0.25) is 0 Å². The molecule has 1 unspecified atom stereocenters. The van der Waals surface area contributed by atoms with Crippen molar-refractivity contribution in [1.29, 1.82) is 0 Å². The van der Waals surface area contributed by atoms with Crippen molar-refractivity contribution in [2.75, 3.05) is 31.1 Å². The van der Waals surface area contributed by atoms with E-state index in [4.69, 9.17) is 4.74 Å². The Morgan fingerprint density at radius 2 is 2.35 bits per heavy atom. The van der Waals surface area contributed by atoms with Gasteiger partial charge in [-0.25, -0.2) is 0 Å². The Morgan fingerprint density at radius 1 is 1.50 bits per heavy atom. The van der Waals surface area contributed by atoms with E-state index in [1.165, 1.54) is 11.3 Å². The number of anilines is 1. The molecule has 1 N–H and O–H groups in total. The summed E-state index contributed by atoms with van der Waals surface area (Å²) in [6, 6.07) is 2.21. The molecule has 2 heterocycles. The maximum atomic E-state index is 5.75. The molecule has 1 aliphatic rings. The summed E-state index contributed by atoms with van der Waals surface area (Å²) in [5, 5.41) is 3.48. The first-order valence-corrected chi connectivity index (χ1v) is 7.73. The molecule has 20 heavy (non-hydrogen) atoms. The molecular weight excluding hydrogens is 250 g/mol. The van der Waals surface area contributed by atoms with Crippen LogP contribution in [0.2, 0.25) is 0 Å². The minimum absolute atomic E-state index is 0.294. The number of ether oxygens (including phenoxy) is 1. The summed E-state index contributed by atoms with van der Waals surface area (Å²) in [4.78, 5) is 6.91. The normalized spacial score (nSPS) is 19.9. The highest BCUT2D eigenvalue weighted by Gasteiger charge is 2.18. The van der Waals surface area contributed by atoms with Gasteiger partial charge in [-0.1, -0.05) is 6.92 Å². The molecular formula is C16H27N3O. The maximum Gasteiger partial charge on any atom is 0.0721 e. The van der Waals surface area contributed by atoms with Crippen molar-refractivity contribution in [3.8, 4) is 0 Å². The van der Waals surface area contributed by atoms with E-state index in [2.05, 4.69) is 42.0 Å². The first-order chi connectivity index (χ1) is 9.70. The molecule has 2 rings (SSSR count). The summed E-state index contributed by atoms with van der Waals surface area (Å²) in [6.45, 7) is 11.2. The van der Waals surface area contributed by atoms with E-state index in [0.717, 1.165) is 51.3 Å². The number of aryl methyl sites for hydroxylation is 1. The molecule has 112 valence electrons. The second-order valence-electron chi connectivity index (χ2n) is 5.61. The minimum atomic E-state index is 0.294. The van der Waals surface area contributed by atoms with Crippen LogP contribution in [0.3, 0.4) is 0 Å². The lowest BCUT2D eigenvalue weighted by atomic mass is 10.1. The number of hydrogen-bond acceptors (Lipinski definition) is 4. The molecule has 0 saturated carbocycles. The average Bonchev–Trinajstić information content (AvgIpc) is 2.65. The van der Waals surface area contributed by atoms with E-state index in [1.807, 2.05) is 6.20 Å². The van der Waals surface area contributed by atoms with Crippen LogP contribution in [0.1, 0.15) is 37.9 Å². The van der Waals surface area contributed by atoms with E-state index in [9.17, 15) is 0 Å². The third-order valence-corrected chi connectivity index (χ3v) is 3.63. The van der Waals surface area contributed by atoms with Crippen LogP contribution in [0, 0.1) is 6.92 Å². The fraction of sp³-hybridized carbons (Fsp3) is 0.688.